The van der Waals surface area contributed by atoms with Gasteiger partial charge < -0.3 is 24.6 Å². The Bertz CT molecular complexity index is 919. The molecule has 0 aliphatic carbocycles. The Morgan fingerprint density at radius 3 is 2.43 bits per heavy atom. The number of aliphatic hydroxyl groups excluding tert-OH is 1. The zero-order valence-electron chi connectivity index (χ0n) is 15.6. The van der Waals surface area contributed by atoms with E-state index in [0.29, 0.717) is 16.9 Å². The van der Waals surface area contributed by atoms with Gasteiger partial charge in [-0.1, -0.05) is 12.1 Å². The number of phenols is 1. The molecule has 2 N–H and O–H groups in total. The van der Waals surface area contributed by atoms with Crippen LogP contribution < -0.4 is 4.74 Å². The van der Waals surface area contributed by atoms with E-state index in [1.54, 1.807) is 36.4 Å². The summed E-state index contributed by atoms with van der Waals surface area (Å²) in [5.74, 6) is -1.19. The molecule has 1 aliphatic rings. The fraction of sp³-hybridized carbons (Fsp3) is 0.238. The first kappa shape index (κ1) is 19.4. The second kappa shape index (κ2) is 8.14. The molecule has 0 bridgehead atoms. The summed E-state index contributed by atoms with van der Waals surface area (Å²) < 4.78 is 10.2. The Labute approximate surface area is 162 Å². The highest BCUT2D eigenvalue weighted by atomic mass is 16.5. The number of rotatable bonds is 6. The number of hydrogen-bond donors (Lipinski definition) is 2. The number of ketones is 1. The predicted octanol–water partition coefficient (Wildman–Crippen LogP) is 2.47. The van der Waals surface area contributed by atoms with E-state index in [2.05, 4.69) is 0 Å². The molecular formula is C21H21NO6. The molecule has 0 spiro atoms. The standard InChI is InChI=1S/C21H21NO6/c1-27-11-10-22-18(14-4-3-5-15(23)12-14)17(20(25)21(22)26)19(24)13-6-8-16(28-2)9-7-13/h3-9,12,18,23-24H,10-11H2,1-2H3/b19-17+/t18-/m1/s1. The van der Waals surface area contributed by atoms with E-state index < -0.39 is 17.7 Å². The van der Waals surface area contributed by atoms with Crippen molar-refractivity contribution in [1.82, 2.24) is 4.90 Å². The molecule has 2 aromatic rings. The number of aliphatic hydroxyl groups is 1. The average molecular weight is 383 g/mol. The fourth-order valence-electron chi connectivity index (χ4n) is 3.25. The molecule has 0 unspecified atom stereocenters. The molecule has 1 saturated heterocycles. The van der Waals surface area contributed by atoms with Gasteiger partial charge in [-0.2, -0.15) is 0 Å². The predicted molar refractivity (Wildman–Crippen MR) is 102 cm³/mol. The van der Waals surface area contributed by atoms with Gasteiger partial charge in [0.1, 0.15) is 17.3 Å². The number of nitrogens with zero attached hydrogens (tertiary/aromatic N) is 1. The molecule has 0 aromatic heterocycles. The van der Waals surface area contributed by atoms with E-state index in [0.717, 1.165) is 0 Å². The van der Waals surface area contributed by atoms with Crippen molar-refractivity contribution in [2.45, 2.75) is 6.04 Å². The summed E-state index contributed by atoms with van der Waals surface area (Å²) in [4.78, 5) is 26.7. The van der Waals surface area contributed by atoms with E-state index in [9.17, 15) is 19.8 Å². The number of methoxy groups -OCH3 is 2. The van der Waals surface area contributed by atoms with Crippen LogP contribution in [0, 0.1) is 0 Å². The van der Waals surface area contributed by atoms with Gasteiger partial charge in [0.25, 0.3) is 11.7 Å². The largest absolute Gasteiger partial charge is 0.508 e. The van der Waals surface area contributed by atoms with Gasteiger partial charge in [0.15, 0.2) is 0 Å². The number of benzene rings is 2. The topological polar surface area (TPSA) is 96.3 Å². The Morgan fingerprint density at radius 2 is 1.82 bits per heavy atom. The Balaban J connectivity index is 2.14. The molecule has 2 aromatic carbocycles. The van der Waals surface area contributed by atoms with Crippen molar-refractivity contribution in [2.75, 3.05) is 27.4 Å². The smallest absolute Gasteiger partial charge is 0.295 e. The molecule has 1 aliphatic heterocycles. The van der Waals surface area contributed by atoms with E-state index >= 15 is 0 Å². The van der Waals surface area contributed by atoms with Gasteiger partial charge in [0, 0.05) is 19.2 Å². The molecule has 1 atom stereocenters. The molecule has 3 rings (SSSR count). The summed E-state index contributed by atoms with van der Waals surface area (Å²) in [6, 6.07) is 12.0. The first-order chi connectivity index (χ1) is 13.5. The van der Waals surface area contributed by atoms with Crippen LogP contribution in [0.25, 0.3) is 5.76 Å². The molecule has 146 valence electrons. The van der Waals surface area contributed by atoms with Gasteiger partial charge >= 0.3 is 0 Å². The number of phenolic OH excluding ortho intramolecular Hbond substituents is 1. The minimum atomic E-state index is -0.829. The normalized spacial score (nSPS) is 18.5. The van der Waals surface area contributed by atoms with E-state index in [1.165, 1.54) is 31.3 Å². The van der Waals surface area contributed by atoms with Crippen LogP contribution in [0.15, 0.2) is 54.1 Å². The highest BCUT2D eigenvalue weighted by Crippen LogP contribution is 2.40. The third-order valence-corrected chi connectivity index (χ3v) is 4.63. The monoisotopic (exact) mass is 383 g/mol. The maximum absolute atomic E-state index is 12.7. The van der Waals surface area contributed by atoms with Crippen LogP contribution >= 0.6 is 0 Å². The quantitative estimate of drug-likeness (QED) is 0.452. The van der Waals surface area contributed by atoms with Crippen molar-refractivity contribution in [2.24, 2.45) is 0 Å². The summed E-state index contributed by atoms with van der Waals surface area (Å²) in [5, 5.41) is 20.7. The van der Waals surface area contributed by atoms with Gasteiger partial charge in [-0.15, -0.1) is 0 Å². The van der Waals surface area contributed by atoms with Crippen molar-refractivity contribution < 1.29 is 29.3 Å². The summed E-state index contributed by atoms with van der Waals surface area (Å²) in [7, 11) is 3.02. The van der Waals surface area contributed by atoms with Crippen molar-refractivity contribution in [3.63, 3.8) is 0 Å². The van der Waals surface area contributed by atoms with Crippen LogP contribution in [0.2, 0.25) is 0 Å². The van der Waals surface area contributed by atoms with E-state index in [1.807, 2.05) is 0 Å². The van der Waals surface area contributed by atoms with Crippen LogP contribution in [0.4, 0.5) is 0 Å². The van der Waals surface area contributed by atoms with Gasteiger partial charge in [-0.05, 0) is 42.0 Å². The molecule has 1 fully saturated rings. The third-order valence-electron chi connectivity index (χ3n) is 4.63. The summed E-state index contributed by atoms with van der Waals surface area (Å²) in [5.41, 5.74) is 0.873. The van der Waals surface area contributed by atoms with Crippen molar-refractivity contribution in [1.29, 1.82) is 0 Å². The zero-order chi connectivity index (χ0) is 20.3. The molecule has 1 amide bonds. The first-order valence-corrected chi connectivity index (χ1v) is 8.68. The Morgan fingerprint density at radius 1 is 1.11 bits per heavy atom. The molecule has 7 heteroatoms. The molecule has 0 radical (unpaired) electrons. The molecule has 0 saturated carbocycles. The van der Waals surface area contributed by atoms with Crippen LogP contribution in [0.3, 0.4) is 0 Å². The van der Waals surface area contributed by atoms with Crippen molar-refractivity contribution >= 4 is 17.4 Å². The number of amides is 1. The van der Waals surface area contributed by atoms with Gasteiger partial charge in [0.05, 0.1) is 25.3 Å². The number of hydrogen-bond acceptors (Lipinski definition) is 6. The van der Waals surface area contributed by atoms with Crippen molar-refractivity contribution in [3.05, 3.63) is 65.2 Å². The number of Topliss-reactive ketones (excluding diaryl/α,β-unsaturated/α-hetero) is 1. The summed E-state index contributed by atoms with van der Waals surface area (Å²) >= 11 is 0. The van der Waals surface area contributed by atoms with Crippen LogP contribution in [0.1, 0.15) is 17.2 Å². The highest BCUT2D eigenvalue weighted by Gasteiger charge is 2.45. The van der Waals surface area contributed by atoms with Gasteiger partial charge in [-0.25, -0.2) is 0 Å². The lowest BCUT2D eigenvalue weighted by molar-refractivity contribution is -0.140. The summed E-state index contributed by atoms with van der Waals surface area (Å²) in [6.07, 6.45) is 0. The first-order valence-electron chi connectivity index (χ1n) is 8.68. The maximum atomic E-state index is 12.7. The number of carbonyl (C=O) groups is 2. The Kier molecular flexibility index (Phi) is 5.65. The van der Waals surface area contributed by atoms with Crippen molar-refractivity contribution in [3.8, 4) is 11.5 Å². The lowest BCUT2D eigenvalue weighted by Crippen LogP contribution is -2.32. The molecule has 28 heavy (non-hydrogen) atoms. The average Bonchev–Trinajstić information content (AvgIpc) is 2.96. The molecular weight excluding hydrogens is 362 g/mol. The molecule has 1 heterocycles. The number of likely N-dealkylation sites (tertiary alicyclic amines) is 1. The number of carbonyl (C=O) groups excluding carboxylic acids is 2. The van der Waals surface area contributed by atoms with Crippen LogP contribution in [-0.4, -0.2) is 54.2 Å². The van der Waals surface area contributed by atoms with Gasteiger partial charge in [-0.3, -0.25) is 9.59 Å². The maximum Gasteiger partial charge on any atom is 0.295 e. The lowest BCUT2D eigenvalue weighted by Gasteiger charge is -2.25. The minimum absolute atomic E-state index is 0.000670. The second-order valence-corrected chi connectivity index (χ2v) is 6.31. The number of aromatic hydroxyl groups is 1. The SMILES string of the molecule is COCCN1C(=O)C(=O)/C(=C(/O)c2ccc(OC)cc2)[C@H]1c1cccc(O)c1. The van der Waals surface area contributed by atoms with E-state index in [-0.39, 0.29) is 30.2 Å². The van der Waals surface area contributed by atoms with Crippen LogP contribution in [-0.2, 0) is 14.3 Å². The number of ether oxygens (including phenoxy) is 2. The summed E-state index contributed by atoms with van der Waals surface area (Å²) in [6.45, 7) is 0.395. The fourth-order valence-corrected chi connectivity index (χ4v) is 3.25. The second-order valence-electron chi connectivity index (χ2n) is 6.31. The zero-order valence-corrected chi connectivity index (χ0v) is 15.6. The van der Waals surface area contributed by atoms with E-state index in [4.69, 9.17) is 9.47 Å². The Hall–Kier alpha value is -3.32. The molecule has 7 nitrogen and oxygen atoms in total. The van der Waals surface area contributed by atoms with Gasteiger partial charge in [0.2, 0.25) is 0 Å². The van der Waals surface area contributed by atoms with Crippen LogP contribution in [0.5, 0.6) is 11.5 Å². The minimum Gasteiger partial charge on any atom is -0.508 e. The lowest BCUT2D eigenvalue weighted by atomic mass is 9.95. The third kappa shape index (κ3) is 3.57. The highest BCUT2D eigenvalue weighted by molar-refractivity contribution is 6.46.